The molecular weight excluding hydrogens is 214 g/mol. The molecule has 6 nitrogen and oxygen atoms in total. The molecule has 1 aliphatic rings. The van der Waals surface area contributed by atoms with Crippen molar-refractivity contribution in [3.8, 4) is 0 Å². The zero-order valence-corrected chi connectivity index (χ0v) is 9.06. The van der Waals surface area contributed by atoms with Gasteiger partial charge in [0.1, 0.15) is 12.1 Å². The SMILES string of the molecule is C=CCOC(=O)NC1(C(=O)O)CC(OC)C1. The number of carbonyl (C=O) groups excluding carboxylic acids is 1. The second-order valence-electron chi connectivity index (χ2n) is 3.67. The van der Waals surface area contributed by atoms with Crippen LogP contribution in [0.5, 0.6) is 0 Å². The summed E-state index contributed by atoms with van der Waals surface area (Å²) in [4.78, 5) is 22.3. The smallest absolute Gasteiger partial charge is 0.408 e. The molecule has 16 heavy (non-hydrogen) atoms. The first-order valence-electron chi connectivity index (χ1n) is 4.86. The molecule has 0 radical (unpaired) electrons. The molecule has 0 aromatic carbocycles. The third-order valence-corrected chi connectivity index (χ3v) is 2.57. The van der Waals surface area contributed by atoms with E-state index < -0.39 is 17.6 Å². The lowest BCUT2D eigenvalue weighted by Gasteiger charge is -2.43. The fraction of sp³-hybridized carbons (Fsp3) is 0.600. The molecule has 0 aliphatic heterocycles. The number of alkyl carbamates (subject to hydrolysis) is 1. The minimum absolute atomic E-state index is 0.0508. The van der Waals surface area contributed by atoms with Crippen molar-refractivity contribution in [2.75, 3.05) is 13.7 Å². The van der Waals surface area contributed by atoms with Crippen LogP contribution in [0.15, 0.2) is 12.7 Å². The molecule has 1 fully saturated rings. The number of carboxylic acids is 1. The summed E-state index contributed by atoms with van der Waals surface area (Å²) in [5.74, 6) is -1.07. The van der Waals surface area contributed by atoms with E-state index in [4.69, 9.17) is 9.84 Å². The number of methoxy groups -OCH3 is 1. The molecule has 90 valence electrons. The number of hydrogen-bond acceptors (Lipinski definition) is 4. The molecule has 0 aromatic rings. The van der Waals surface area contributed by atoms with Crippen molar-refractivity contribution in [2.24, 2.45) is 0 Å². The van der Waals surface area contributed by atoms with Gasteiger partial charge in [-0.3, -0.25) is 0 Å². The first kappa shape index (κ1) is 12.5. The molecule has 1 saturated carbocycles. The zero-order valence-electron chi connectivity index (χ0n) is 9.06. The van der Waals surface area contributed by atoms with Crippen LogP contribution in [0, 0.1) is 0 Å². The Hall–Kier alpha value is -1.56. The maximum atomic E-state index is 11.2. The highest BCUT2D eigenvalue weighted by atomic mass is 16.5. The minimum atomic E-state index is -1.25. The van der Waals surface area contributed by atoms with Crippen LogP contribution in [-0.2, 0) is 14.3 Å². The molecular formula is C10H15NO5. The van der Waals surface area contributed by atoms with Gasteiger partial charge < -0.3 is 19.9 Å². The second-order valence-corrected chi connectivity index (χ2v) is 3.67. The Morgan fingerprint density at radius 2 is 2.25 bits per heavy atom. The highest BCUT2D eigenvalue weighted by molar-refractivity contribution is 5.85. The molecule has 0 atom stereocenters. The fourth-order valence-corrected chi connectivity index (χ4v) is 1.58. The molecule has 0 spiro atoms. The quantitative estimate of drug-likeness (QED) is 0.672. The summed E-state index contributed by atoms with van der Waals surface area (Å²) in [6.45, 7) is 3.43. The van der Waals surface area contributed by atoms with E-state index >= 15 is 0 Å². The predicted octanol–water partition coefficient (Wildman–Crippen LogP) is 0.531. The lowest BCUT2D eigenvalue weighted by molar-refractivity contribution is -0.155. The molecule has 2 N–H and O–H groups in total. The monoisotopic (exact) mass is 229 g/mol. The van der Waals surface area contributed by atoms with Crippen LogP contribution >= 0.6 is 0 Å². The highest BCUT2D eigenvalue weighted by Crippen LogP contribution is 2.34. The number of carboxylic acid groups (broad SMARTS) is 1. The van der Waals surface area contributed by atoms with E-state index in [-0.39, 0.29) is 25.6 Å². The van der Waals surface area contributed by atoms with Crippen LogP contribution < -0.4 is 5.32 Å². The number of hydrogen-bond donors (Lipinski definition) is 2. The van der Waals surface area contributed by atoms with E-state index in [1.165, 1.54) is 13.2 Å². The molecule has 0 saturated heterocycles. The van der Waals surface area contributed by atoms with Crippen LogP contribution in [-0.4, -0.2) is 42.5 Å². The number of carbonyl (C=O) groups is 2. The predicted molar refractivity (Wildman–Crippen MR) is 55.1 cm³/mol. The van der Waals surface area contributed by atoms with Crippen molar-refractivity contribution >= 4 is 12.1 Å². The normalized spacial score (nSPS) is 27.7. The van der Waals surface area contributed by atoms with Crippen LogP contribution in [0.2, 0.25) is 0 Å². The van der Waals surface area contributed by atoms with E-state index in [9.17, 15) is 9.59 Å². The molecule has 1 amide bonds. The third-order valence-electron chi connectivity index (χ3n) is 2.57. The number of amides is 1. The summed E-state index contributed by atoms with van der Waals surface area (Å²) in [6, 6.07) is 0. The number of aliphatic carboxylic acids is 1. The summed E-state index contributed by atoms with van der Waals surface area (Å²) in [5, 5.41) is 11.4. The van der Waals surface area contributed by atoms with Gasteiger partial charge in [-0.05, 0) is 0 Å². The Labute approximate surface area is 93.2 Å². The van der Waals surface area contributed by atoms with Crippen LogP contribution in [0.25, 0.3) is 0 Å². The van der Waals surface area contributed by atoms with Crippen molar-refractivity contribution in [1.29, 1.82) is 0 Å². The maximum Gasteiger partial charge on any atom is 0.408 e. The van der Waals surface area contributed by atoms with Crippen molar-refractivity contribution < 1.29 is 24.2 Å². The van der Waals surface area contributed by atoms with E-state index in [2.05, 4.69) is 16.6 Å². The molecule has 0 aromatic heterocycles. The van der Waals surface area contributed by atoms with Gasteiger partial charge in [-0.25, -0.2) is 9.59 Å². The Balaban J connectivity index is 2.51. The Morgan fingerprint density at radius 1 is 1.62 bits per heavy atom. The Morgan fingerprint density at radius 3 is 2.69 bits per heavy atom. The summed E-state index contributed by atoms with van der Waals surface area (Å²) >= 11 is 0. The van der Waals surface area contributed by atoms with Gasteiger partial charge >= 0.3 is 12.1 Å². The largest absolute Gasteiger partial charge is 0.479 e. The minimum Gasteiger partial charge on any atom is -0.479 e. The van der Waals surface area contributed by atoms with E-state index in [1.54, 1.807) is 0 Å². The Bertz CT molecular complexity index is 296. The van der Waals surface area contributed by atoms with Crippen molar-refractivity contribution in [2.45, 2.75) is 24.5 Å². The lowest BCUT2D eigenvalue weighted by atomic mass is 9.74. The third kappa shape index (κ3) is 2.52. The van der Waals surface area contributed by atoms with Crippen LogP contribution in [0.1, 0.15) is 12.8 Å². The van der Waals surface area contributed by atoms with Gasteiger partial charge in [0.25, 0.3) is 0 Å². The summed E-state index contributed by atoms with van der Waals surface area (Å²) < 4.78 is 9.65. The van der Waals surface area contributed by atoms with Crippen molar-refractivity contribution in [3.05, 3.63) is 12.7 Å². The summed E-state index contributed by atoms with van der Waals surface area (Å²) in [5.41, 5.74) is -1.25. The average Bonchev–Trinajstić information content (AvgIpc) is 2.19. The number of rotatable bonds is 5. The van der Waals surface area contributed by atoms with E-state index in [0.717, 1.165) is 0 Å². The van der Waals surface area contributed by atoms with Gasteiger partial charge in [0.05, 0.1) is 6.10 Å². The van der Waals surface area contributed by atoms with Gasteiger partial charge in [0.2, 0.25) is 0 Å². The number of ether oxygens (including phenoxy) is 2. The first-order valence-corrected chi connectivity index (χ1v) is 4.86. The molecule has 6 heteroatoms. The Kier molecular flexibility index (Phi) is 3.89. The number of nitrogens with one attached hydrogen (secondary N) is 1. The van der Waals surface area contributed by atoms with Crippen molar-refractivity contribution in [1.82, 2.24) is 5.32 Å². The molecule has 0 unspecified atom stereocenters. The van der Waals surface area contributed by atoms with Gasteiger partial charge in [0, 0.05) is 20.0 Å². The standard InChI is InChI=1S/C10H15NO5/c1-3-4-16-9(14)11-10(8(12)13)5-7(6-10)15-2/h3,7H,1,4-6H2,2H3,(H,11,14)(H,12,13). The van der Waals surface area contributed by atoms with Crippen molar-refractivity contribution in [3.63, 3.8) is 0 Å². The molecule has 0 heterocycles. The lowest BCUT2D eigenvalue weighted by Crippen LogP contribution is -2.64. The molecule has 1 aliphatic carbocycles. The second kappa shape index (κ2) is 4.98. The first-order chi connectivity index (χ1) is 7.54. The topological polar surface area (TPSA) is 84.9 Å². The van der Waals surface area contributed by atoms with E-state index in [0.29, 0.717) is 0 Å². The maximum absolute atomic E-state index is 11.2. The summed E-state index contributed by atoms with van der Waals surface area (Å²) in [7, 11) is 1.51. The molecule has 0 bridgehead atoms. The van der Waals surface area contributed by atoms with Crippen LogP contribution in [0.4, 0.5) is 4.79 Å². The van der Waals surface area contributed by atoms with Gasteiger partial charge in [0.15, 0.2) is 0 Å². The zero-order chi connectivity index (χ0) is 12.2. The van der Waals surface area contributed by atoms with Gasteiger partial charge in [-0.2, -0.15) is 0 Å². The van der Waals surface area contributed by atoms with E-state index in [1.807, 2.05) is 0 Å². The fourth-order valence-electron chi connectivity index (χ4n) is 1.58. The molecule has 1 rings (SSSR count). The van der Waals surface area contributed by atoms with Gasteiger partial charge in [-0.15, -0.1) is 0 Å². The highest BCUT2D eigenvalue weighted by Gasteiger charge is 2.52. The van der Waals surface area contributed by atoms with Crippen LogP contribution in [0.3, 0.4) is 0 Å². The average molecular weight is 229 g/mol. The van der Waals surface area contributed by atoms with Gasteiger partial charge in [-0.1, -0.05) is 12.7 Å². The summed E-state index contributed by atoms with van der Waals surface area (Å²) in [6.07, 6.45) is 1.03.